The molecule has 0 saturated carbocycles. The molecule has 2 amide bonds. The third kappa shape index (κ3) is 3.62. The van der Waals surface area contributed by atoms with E-state index >= 15 is 0 Å². The molecule has 2 fully saturated rings. The summed E-state index contributed by atoms with van der Waals surface area (Å²) in [5.74, 6) is -1.18. The van der Waals surface area contributed by atoms with Gasteiger partial charge in [0.1, 0.15) is 11.6 Å². The van der Waals surface area contributed by atoms with Crippen LogP contribution in [0.1, 0.15) is 24.3 Å². The van der Waals surface area contributed by atoms with Crippen molar-refractivity contribution in [3.63, 3.8) is 0 Å². The van der Waals surface area contributed by atoms with E-state index in [0.717, 1.165) is 5.56 Å². The number of benzene rings is 1. The topological polar surface area (TPSA) is 88.1 Å². The Morgan fingerprint density at radius 1 is 1.40 bits per heavy atom. The zero-order valence-electron chi connectivity index (χ0n) is 14.3. The third-order valence-corrected chi connectivity index (χ3v) is 5.20. The Labute approximate surface area is 146 Å². The Morgan fingerprint density at radius 2 is 2.16 bits per heavy atom. The summed E-state index contributed by atoms with van der Waals surface area (Å²) in [5.41, 5.74) is 0.426. The first-order chi connectivity index (χ1) is 12.1. The van der Waals surface area contributed by atoms with Gasteiger partial charge in [-0.05, 0) is 12.0 Å². The van der Waals surface area contributed by atoms with Gasteiger partial charge in [0.25, 0.3) is 0 Å². The molecule has 0 spiro atoms. The number of likely N-dealkylation sites (tertiary alicyclic amines) is 1. The highest BCUT2D eigenvalue weighted by atomic mass is 16.5. The van der Waals surface area contributed by atoms with E-state index in [-0.39, 0.29) is 11.9 Å². The highest BCUT2D eigenvalue weighted by Gasteiger charge is 2.43. The van der Waals surface area contributed by atoms with Crippen molar-refractivity contribution in [3.05, 3.63) is 35.9 Å². The Hall–Kier alpha value is -2.12. The second-order valence-electron chi connectivity index (χ2n) is 6.63. The van der Waals surface area contributed by atoms with E-state index in [1.807, 2.05) is 30.3 Å². The smallest absolute Gasteiger partial charge is 0.327 e. The van der Waals surface area contributed by atoms with Gasteiger partial charge in [-0.15, -0.1) is 0 Å². The number of rotatable bonds is 5. The van der Waals surface area contributed by atoms with Gasteiger partial charge in [0.05, 0.1) is 13.2 Å². The minimum absolute atomic E-state index is 0.198. The van der Waals surface area contributed by atoms with Gasteiger partial charge >= 0.3 is 12.0 Å². The highest BCUT2D eigenvalue weighted by molar-refractivity contribution is 5.84. The Balaban J connectivity index is 1.68. The SMILES string of the molecule is COC1(CNC(=O)N2CCC(c3ccccc3)C2C(=O)O)CCOC1. The molecule has 0 aliphatic carbocycles. The highest BCUT2D eigenvalue weighted by Crippen LogP contribution is 2.33. The molecule has 25 heavy (non-hydrogen) atoms. The minimum Gasteiger partial charge on any atom is -0.480 e. The van der Waals surface area contributed by atoms with Crippen LogP contribution in [0.15, 0.2) is 30.3 Å². The van der Waals surface area contributed by atoms with Gasteiger partial charge in [-0.25, -0.2) is 9.59 Å². The van der Waals surface area contributed by atoms with Crippen LogP contribution in [0.5, 0.6) is 0 Å². The van der Waals surface area contributed by atoms with Crippen LogP contribution in [0.25, 0.3) is 0 Å². The molecule has 2 aliphatic rings. The molecule has 2 aliphatic heterocycles. The first-order valence-corrected chi connectivity index (χ1v) is 8.51. The molecular weight excluding hydrogens is 324 g/mol. The van der Waals surface area contributed by atoms with E-state index in [1.54, 1.807) is 7.11 Å². The van der Waals surface area contributed by atoms with Gasteiger partial charge in [0.15, 0.2) is 0 Å². The number of aliphatic carboxylic acids is 1. The summed E-state index contributed by atoms with van der Waals surface area (Å²) in [4.78, 5) is 25.8. The average Bonchev–Trinajstić information content (AvgIpc) is 3.28. The van der Waals surface area contributed by atoms with Crippen molar-refractivity contribution in [2.45, 2.75) is 30.4 Å². The van der Waals surface area contributed by atoms with Gasteiger partial charge in [-0.2, -0.15) is 0 Å². The summed E-state index contributed by atoms with van der Waals surface area (Å²) in [6, 6.07) is 8.27. The lowest BCUT2D eigenvalue weighted by molar-refractivity contribution is -0.141. The van der Waals surface area contributed by atoms with Crippen LogP contribution < -0.4 is 5.32 Å². The lowest BCUT2D eigenvalue weighted by Crippen LogP contribution is -2.52. The number of carbonyl (C=O) groups excluding carboxylic acids is 1. The molecule has 7 nitrogen and oxygen atoms in total. The standard InChI is InChI=1S/C18H24N2O5/c1-24-18(8-10-25-12-18)11-19-17(23)20-9-7-14(15(20)16(21)22)13-5-3-2-4-6-13/h2-6,14-15H,7-12H2,1H3,(H,19,23)(H,21,22). The van der Waals surface area contributed by atoms with Crippen molar-refractivity contribution < 1.29 is 24.2 Å². The van der Waals surface area contributed by atoms with Gasteiger partial charge in [-0.3, -0.25) is 0 Å². The molecule has 7 heteroatoms. The third-order valence-electron chi connectivity index (χ3n) is 5.20. The molecule has 1 aromatic rings. The average molecular weight is 348 g/mol. The van der Waals surface area contributed by atoms with Gasteiger partial charge in [0.2, 0.25) is 0 Å². The van der Waals surface area contributed by atoms with Gasteiger partial charge < -0.3 is 24.8 Å². The van der Waals surface area contributed by atoms with Crippen LogP contribution >= 0.6 is 0 Å². The van der Waals surface area contributed by atoms with Crippen LogP contribution in [0.3, 0.4) is 0 Å². The molecule has 0 radical (unpaired) electrons. The molecule has 2 heterocycles. The number of nitrogens with one attached hydrogen (secondary N) is 1. The Morgan fingerprint density at radius 3 is 2.76 bits per heavy atom. The largest absolute Gasteiger partial charge is 0.480 e. The quantitative estimate of drug-likeness (QED) is 0.841. The molecule has 3 atom stereocenters. The maximum atomic E-state index is 12.6. The first-order valence-electron chi connectivity index (χ1n) is 8.51. The van der Waals surface area contributed by atoms with E-state index in [1.165, 1.54) is 4.90 Å². The number of carbonyl (C=O) groups is 2. The summed E-state index contributed by atoms with van der Waals surface area (Å²) in [6.45, 7) is 1.75. The van der Waals surface area contributed by atoms with E-state index in [4.69, 9.17) is 9.47 Å². The van der Waals surface area contributed by atoms with Gasteiger partial charge in [-0.1, -0.05) is 30.3 Å². The molecular formula is C18H24N2O5. The summed E-state index contributed by atoms with van der Waals surface area (Å²) >= 11 is 0. The van der Waals surface area contributed by atoms with Crippen molar-refractivity contribution in [2.75, 3.05) is 33.4 Å². The minimum atomic E-state index is -0.979. The molecule has 136 valence electrons. The van der Waals surface area contributed by atoms with Crippen LogP contribution in [-0.2, 0) is 14.3 Å². The van der Waals surface area contributed by atoms with E-state index < -0.39 is 17.6 Å². The summed E-state index contributed by atoms with van der Waals surface area (Å²) < 4.78 is 10.9. The Bertz CT molecular complexity index is 615. The predicted molar refractivity (Wildman–Crippen MR) is 90.5 cm³/mol. The predicted octanol–water partition coefficient (Wildman–Crippen LogP) is 1.44. The number of carboxylic acid groups (broad SMARTS) is 1. The molecule has 2 saturated heterocycles. The van der Waals surface area contributed by atoms with Crippen LogP contribution in [0, 0.1) is 0 Å². The van der Waals surface area contributed by atoms with Crippen molar-refractivity contribution in [2.24, 2.45) is 0 Å². The number of urea groups is 1. The normalized spacial score (nSPS) is 28.9. The second kappa shape index (κ2) is 7.41. The van der Waals surface area contributed by atoms with Crippen LogP contribution in [0.4, 0.5) is 4.79 Å². The number of ether oxygens (including phenoxy) is 2. The first kappa shape index (κ1) is 17.7. The molecule has 0 bridgehead atoms. The molecule has 1 aromatic carbocycles. The summed E-state index contributed by atoms with van der Waals surface area (Å²) in [6.07, 6.45) is 1.34. The van der Waals surface area contributed by atoms with Gasteiger partial charge in [0, 0.05) is 32.6 Å². The molecule has 3 rings (SSSR count). The maximum Gasteiger partial charge on any atom is 0.327 e. The van der Waals surface area contributed by atoms with Crippen LogP contribution in [-0.4, -0.2) is 67.1 Å². The number of methoxy groups -OCH3 is 1. The van der Waals surface area contributed by atoms with E-state index in [0.29, 0.717) is 39.1 Å². The molecule has 2 N–H and O–H groups in total. The second-order valence-corrected chi connectivity index (χ2v) is 6.63. The molecule has 0 aromatic heterocycles. The Kier molecular flexibility index (Phi) is 5.24. The zero-order valence-corrected chi connectivity index (χ0v) is 14.3. The van der Waals surface area contributed by atoms with Crippen molar-refractivity contribution in [1.82, 2.24) is 10.2 Å². The van der Waals surface area contributed by atoms with Crippen molar-refractivity contribution >= 4 is 12.0 Å². The van der Waals surface area contributed by atoms with Crippen molar-refractivity contribution in [1.29, 1.82) is 0 Å². The van der Waals surface area contributed by atoms with Crippen LogP contribution in [0.2, 0.25) is 0 Å². The number of nitrogens with zero attached hydrogens (tertiary/aromatic N) is 1. The number of hydrogen-bond acceptors (Lipinski definition) is 4. The fraction of sp³-hybridized carbons (Fsp3) is 0.556. The van der Waals surface area contributed by atoms with E-state index in [2.05, 4.69) is 5.32 Å². The summed E-state index contributed by atoms with van der Waals surface area (Å²) in [5, 5.41) is 12.5. The summed E-state index contributed by atoms with van der Waals surface area (Å²) in [7, 11) is 1.60. The zero-order chi connectivity index (χ0) is 17.9. The fourth-order valence-corrected chi connectivity index (χ4v) is 3.67. The number of hydrogen-bond donors (Lipinski definition) is 2. The monoisotopic (exact) mass is 348 g/mol. The number of carboxylic acids is 1. The van der Waals surface area contributed by atoms with Crippen molar-refractivity contribution in [3.8, 4) is 0 Å². The number of amides is 2. The maximum absolute atomic E-state index is 12.6. The fourth-order valence-electron chi connectivity index (χ4n) is 3.67. The van der Waals surface area contributed by atoms with E-state index in [9.17, 15) is 14.7 Å². The molecule has 3 unspecified atom stereocenters. The lowest BCUT2D eigenvalue weighted by atomic mass is 9.92. The lowest BCUT2D eigenvalue weighted by Gasteiger charge is -2.29.